The molecule has 3 heterocycles. The molecule has 1 N–H and O–H groups in total. The predicted molar refractivity (Wildman–Crippen MR) is 127 cm³/mol. The molecule has 164 valence electrons. The van der Waals surface area contributed by atoms with Gasteiger partial charge in [0.2, 0.25) is 0 Å². The second-order valence-corrected chi connectivity index (χ2v) is 8.21. The van der Waals surface area contributed by atoms with Crippen LogP contribution in [0.1, 0.15) is 40.3 Å². The molecule has 0 unspecified atom stereocenters. The van der Waals surface area contributed by atoms with Crippen LogP contribution >= 0.6 is 0 Å². The molecule has 0 fully saturated rings. The Kier molecular flexibility index (Phi) is 5.05. The highest BCUT2D eigenvalue weighted by atomic mass is 16.5. The third-order valence-electron chi connectivity index (χ3n) is 6.13. The highest BCUT2D eigenvalue weighted by molar-refractivity contribution is 5.96. The molecule has 0 aliphatic heterocycles. The first-order valence-electron chi connectivity index (χ1n) is 10.8. The molecule has 0 aliphatic carbocycles. The zero-order chi connectivity index (χ0) is 23.1. The topological polar surface area (TPSA) is 81.2 Å². The van der Waals surface area contributed by atoms with Crippen molar-refractivity contribution in [2.45, 2.75) is 26.8 Å². The summed E-state index contributed by atoms with van der Waals surface area (Å²) < 4.78 is 7.60. The summed E-state index contributed by atoms with van der Waals surface area (Å²) in [5.41, 5.74) is 7.89. The van der Waals surface area contributed by atoms with Gasteiger partial charge in [-0.15, -0.1) is 0 Å². The number of rotatable bonds is 5. The van der Waals surface area contributed by atoms with Gasteiger partial charge in [0.05, 0.1) is 28.3 Å². The number of aryl methyl sites for hydroxylation is 2. The number of pyridine rings is 1. The number of carbonyl (C=O) groups is 1. The number of carboxylic acid groups (broad SMARTS) is 1. The standard InChI is InChI=1S/C27H23N3O3/c1-16-25(18(3)33-29-16)22-13-24-26(28-14-22)23(20-9-11-21(12-10-20)27(31)32)15-30(24)17(2)19-7-5-4-6-8-19/h4-15,17H,1-3H3,(H,31,32)/t17-/m1/s1. The fourth-order valence-corrected chi connectivity index (χ4v) is 4.38. The average Bonchev–Trinajstić information content (AvgIpc) is 3.38. The van der Waals surface area contributed by atoms with Gasteiger partial charge in [-0.1, -0.05) is 47.6 Å². The van der Waals surface area contributed by atoms with Crippen LogP contribution in [-0.4, -0.2) is 25.8 Å². The van der Waals surface area contributed by atoms with E-state index in [1.165, 1.54) is 5.56 Å². The summed E-state index contributed by atoms with van der Waals surface area (Å²) in [5, 5.41) is 13.4. The van der Waals surface area contributed by atoms with Crippen molar-refractivity contribution in [3.8, 4) is 22.3 Å². The summed E-state index contributed by atoms with van der Waals surface area (Å²) in [6, 6.07) is 19.4. The zero-order valence-electron chi connectivity index (χ0n) is 18.6. The van der Waals surface area contributed by atoms with Crippen molar-refractivity contribution >= 4 is 17.0 Å². The first kappa shape index (κ1) is 20.7. The van der Waals surface area contributed by atoms with Crippen LogP contribution in [0.5, 0.6) is 0 Å². The molecule has 5 aromatic rings. The molecule has 5 rings (SSSR count). The molecule has 2 aromatic carbocycles. The molecule has 6 nitrogen and oxygen atoms in total. The SMILES string of the molecule is Cc1noc(C)c1-c1cnc2c(-c3ccc(C(=O)O)cc3)cn([C@H](C)c3ccccc3)c2c1. The maximum Gasteiger partial charge on any atom is 0.335 e. The minimum absolute atomic E-state index is 0.0717. The summed E-state index contributed by atoms with van der Waals surface area (Å²) >= 11 is 0. The van der Waals surface area contributed by atoms with Gasteiger partial charge >= 0.3 is 5.97 Å². The average molecular weight is 437 g/mol. The van der Waals surface area contributed by atoms with Crippen LogP contribution in [0.15, 0.2) is 77.6 Å². The fraction of sp³-hybridized carbons (Fsp3) is 0.148. The van der Waals surface area contributed by atoms with E-state index in [4.69, 9.17) is 9.51 Å². The number of nitrogens with zero attached hydrogens (tertiary/aromatic N) is 3. The number of aromatic carboxylic acids is 1. The van der Waals surface area contributed by atoms with Gasteiger partial charge in [-0.2, -0.15) is 0 Å². The van der Waals surface area contributed by atoms with Gasteiger partial charge in [0.15, 0.2) is 0 Å². The van der Waals surface area contributed by atoms with Crippen LogP contribution in [0.2, 0.25) is 0 Å². The molecular weight excluding hydrogens is 414 g/mol. The van der Waals surface area contributed by atoms with Crippen LogP contribution in [-0.2, 0) is 0 Å². The zero-order valence-corrected chi connectivity index (χ0v) is 18.6. The summed E-state index contributed by atoms with van der Waals surface area (Å²) in [5.74, 6) is -0.184. The number of fused-ring (bicyclic) bond motifs is 1. The molecule has 3 aromatic heterocycles. The van der Waals surface area contributed by atoms with E-state index >= 15 is 0 Å². The highest BCUT2D eigenvalue weighted by Crippen LogP contribution is 2.36. The normalized spacial score (nSPS) is 12.2. The van der Waals surface area contributed by atoms with E-state index in [0.29, 0.717) is 0 Å². The van der Waals surface area contributed by atoms with Crippen LogP contribution in [0.25, 0.3) is 33.3 Å². The smallest absolute Gasteiger partial charge is 0.335 e. The van der Waals surface area contributed by atoms with Gasteiger partial charge in [-0.3, -0.25) is 4.98 Å². The van der Waals surface area contributed by atoms with Crippen molar-refractivity contribution in [2.75, 3.05) is 0 Å². The van der Waals surface area contributed by atoms with E-state index < -0.39 is 5.97 Å². The van der Waals surface area contributed by atoms with Crippen molar-refractivity contribution in [3.63, 3.8) is 0 Å². The van der Waals surface area contributed by atoms with E-state index in [-0.39, 0.29) is 11.6 Å². The summed E-state index contributed by atoms with van der Waals surface area (Å²) in [6.45, 7) is 5.99. The summed E-state index contributed by atoms with van der Waals surface area (Å²) in [7, 11) is 0. The van der Waals surface area contributed by atoms with Crippen molar-refractivity contribution in [1.82, 2.24) is 14.7 Å². The van der Waals surface area contributed by atoms with Crippen molar-refractivity contribution in [2.24, 2.45) is 0 Å². The van der Waals surface area contributed by atoms with E-state index in [9.17, 15) is 9.90 Å². The molecular formula is C27H23N3O3. The second kappa shape index (κ2) is 8.06. The lowest BCUT2D eigenvalue weighted by Gasteiger charge is -2.16. The number of carboxylic acids is 1. The Balaban J connectivity index is 1.72. The number of aromatic nitrogens is 3. The monoisotopic (exact) mass is 437 g/mol. The lowest BCUT2D eigenvalue weighted by Crippen LogP contribution is -2.05. The third kappa shape index (κ3) is 3.59. The molecule has 0 spiro atoms. The number of hydrogen-bond acceptors (Lipinski definition) is 4. The van der Waals surface area contributed by atoms with E-state index in [1.54, 1.807) is 12.1 Å². The van der Waals surface area contributed by atoms with Crippen molar-refractivity contribution < 1.29 is 14.4 Å². The van der Waals surface area contributed by atoms with E-state index in [2.05, 4.69) is 41.0 Å². The molecule has 6 heteroatoms. The largest absolute Gasteiger partial charge is 0.478 e. The Morgan fingerprint density at radius 3 is 2.39 bits per heavy atom. The second-order valence-electron chi connectivity index (χ2n) is 8.21. The fourth-order valence-electron chi connectivity index (χ4n) is 4.38. The summed E-state index contributed by atoms with van der Waals surface area (Å²) in [6.07, 6.45) is 3.95. The molecule has 0 amide bonds. The van der Waals surface area contributed by atoms with Crippen LogP contribution < -0.4 is 0 Å². The lowest BCUT2D eigenvalue weighted by molar-refractivity contribution is 0.0697. The van der Waals surface area contributed by atoms with Gasteiger partial charge < -0.3 is 14.2 Å². The Morgan fingerprint density at radius 2 is 1.76 bits per heavy atom. The predicted octanol–water partition coefficient (Wildman–Crippen LogP) is 6.28. The maximum atomic E-state index is 11.3. The van der Waals surface area contributed by atoms with E-state index in [0.717, 1.165) is 44.7 Å². The molecule has 0 aliphatic rings. The molecule has 0 bridgehead atoms. The molecule has 33 heavy (non-hydrogen) atoms. The number of hydrogen-bond donors (Lipinski definition) is 1. The van der Waals surface area contributed by atoms with Crippen LogP contribution in [0, 0.1) is 13.8 Å². The molecule has 1 atom stereocenters. The Labute approximate surface area is 191 Å². The van der Waals surface area contributed by atoms with Crippen LogP contribution in [0.4, 0.5) is 0 Å². The van der Waals surface area contributed by atoms with Gasteiger partial charge in [-0.25, -0.2) is 4.79 Å². The first-order valence-corrected chi connectivity index (χ1v) is 10.8. The Bertz CT molecular complexity index is 1440. The maximum absolute atomic E-state index is 11.3. The van der Waals surface area contributed by atoms with Gasteiger partial charge in [0, 0.05) is 29.1 Å². The van der Waals surface area contributed by atoms with Crippen LogP contribution in [0.3, 0.4) is 0 Å². The first-order chi connectivity index (χ1) is 15.9. The van der Waals surface area contributed by atoms with E-state index in [1.807, 2.05) is 50.4 Å². The van der Waals surface area contributed by atoms with Gasteiger partial charge in [-0.05, 0) is 50.1 Å². The quantitative estimate of drug-likeness (QED) is 0.350. The summed E-state index contributed by atoms with van der Waals surface area (Å²) in [4.78, 5) is 16.1. The Hall–Kier alpha value is -4.19. The minimum Gasteiger partial charge on any atom is -0.478 e. The van der Waals surface area contributed by atoms with Crippen molar-refractivity contribution in [1.29, 1.82) is 0 Å². The molecule has 0 radical (unpaired) electrons. The molecule has 0 saturated heterocycles. The van der Waals surface area contributed by atoms with Gasteiger partial charge in [0.1, 0.15) is 5.76 Å². The highest BCUT2D eigenvalue weighted by Gasteiger charge is 2.20. The third-order valence-corrected chi connectivity index (χ3v) is 6.13. The lowest BCUT2D eigenvalue weighted by atomic mass is 10.0. The van der Waals surface area contributed by atoms with Crippen molar-refractivity contribution in [3.05, 3.63) is 95.6 Å². The van der Waals surface area contributed by atoms with Gasteiger partial charge in [0.25, 0.3) is 0 Å². The number of benzene rings is 2. The Morgan fingerprint density at radius 1 is 1.03 bits per heavy atom. The molecule has 0 saturated carbocycles. The minimum atomic E-state index is -0.941.